The first-order valence-electron chi connectivity index (χ1n) is 4.86. The minimum atomic E-state index is -0.0802. The van der Waals surface area contributed by atoms with E-state index in [9.17, 15) is 0 Å². The Morgan fingerprint density at radius 2 is 2.29 bits per heavy atom. The summed E-state index contributed by atoms with van der Waals surface area (Å²) in [5, 5.41) is 5.01. The lowest BCUT2D eigenvalue weighted by Gasteiger charge is -2.00. The highest BCUT2D eigenvalue weighted by molar-refractivity contribution is 5.80. The fourth-order valence-corrected chi connectivity index (χ4v) is 1.55. The molecule has 0 aliphatic rings. The molecule has 74 valence electrons. The largest absolute Gasteiger partial charge is 0.356 e. The molecule has 0 aliphatic carbocycles. The summed E-state index contributed by atoms with van der Waals surface area (Å²) in [6, 6.07) is 6.03. The summed E-state index contributed by atoms with van der Waals surface area (Å²) in [4.78, 5) is 0. The van der Waals surface area contributed by atoms with Gasteiger partial charge < -0.3 is 10.3 Å². The van der Waals surface area contributed by atoms with Crippen molar-refractivity contribution in [1.82, 2.24) is 5.16 Å². The van der Waals surface area contributed by atoms with E-state index in [1.54, 1.807) is 0 Å². The summed E-state index contributed by atoms with van der Waals surface area (Å²) in [7, 11) is 0. The van der Waals surface area contributed by atoms with Crippen LogP contribution >= 0.6 is 0 Å². The molecule has 0 fully saturated rings. The molecule has 3 nitrogen and oxygen atoms in total. The highest BCUT2D eigenvalue weighted by Gasteiger charge is 2.11. The Labute approximate surface area is 82.9 Å². The minimum Gasteiger partial charge on any atom is -0.356 e. The number of benzene rings is 1. The number of hydrogen-bond acceptors (Lipinski definition) is 3. The Hall–Kier alpha value is -1.35. The van der Waals surface area contributed by atoms with Crippen molar-refractivity contribution in [2.24, 2.45) is 5.73 Å². The van der Waals surface area contributed by atoms with Crippen LogP contribution in [0.15, 0.2) is 22.7 Å². The van der Waals surface area contributed by atoms with Gasteiger partial charge in [0.15, 0.2) is 5.58 Å². The molecular formula is C11H14N2O. The van der Waals surface area contributed by atoms with Gasteiger partial charge >= 0.3 is 0 Å². The molecule has 1 unspecified atom stereocenters. The smallest absolute Gasteiger partial charge is 0.167 e. The normalized spacial score (nSPS) is 13.4. The van der Waals surface area contributed by atoms with Crippen molar-refractivity contribution >= 4 is 11.0 Å². The number of fused-ring (bicyclic) bond motifs is 1. The van der Waals surface area contributed by atoms with Gasteiger partial charge in [-0.3, -0.25) is 0 Å². The lowest BCUT2D eigenvalue weighted by Crippen LogP contribution is -2.05. The zero-order valence-corrected chi connectivity index (χ0v) is 8.45. The molecule has 2 N–H and O–H groups in total. The van der Waals surface area contributed by atoms with Crippen LogP contribution in [0.5, 0.6) is 0 Å². The lowest BCUT2D eigenvalue weighted by molar-refractivity contribution is 0.440. The molecule has 0 bridgehead atoms. The molecule has 0 aliphatic heterocycles. The summed E-state index contributed by atoms with van der Waals surface area (Å²) in [5.41, 5.74) is 8.73. The summed E-state index contributed by atoms with van der Waals surface area (Å²) in [6.07, 6.45) is 1.01. The van der Waals surface area contributed by atoms with Crippen LogP contribution in [0.1, 0.15) is 31.1 Å². The van der Waals surface area contributed by atoms with E-state index in [0.29, 0.717) is 0 Å². The van der Waals surface area contributed by atoms with E-state index >= 15 is 0 Å². The molecule has 1 atom stereocenters. The molecule has 0 saturated carbocycles. The van der Waals surface area contributed by atoms with Crippen LogP contribution in [0.4, 0.5) is 0 Å². The van der Waals surface area contributed by atoms with Gasteiger partial charge in [0.05, 0.1) is 0 Å². The van der Waals surface area contributed by atoms with E-state index in [4.69, 9.17) is 10.3 Å². The van der Waals surface area contributed by atoms with Gasteiger partial charge in [-0.2, -0.15) is 0 Å². The molecule has 3 heteroatoms. The number of nitrogens with zero attached hydrogens (tertiary/aromatic N) is 1. The summed E-state index contributed by atoms with van der Waals surface area (Å²) in [5.74, 6) is 0. The van der Waals surface area contributed by atoms with E-state index in [2.05, 4.69) is 24.2 Å². The standard InChI is InChI=1S/C11H14N2O/c1-3-8-4-5-10-9(6-8)11(7(2)12)13-14-10/h4-7H,3,12H2,1-2H3. The summed E-state index contributed by atoms with van der Waals surface area (Å²) in [6.45, 7) is 4.04. The molecular weight excluding hydrogens is 176 g/mol. The van der Waals surface area contributed by atoms with Crippen molar-refractivity contribution in [3.05, 3.63) is 29.5 Å². The third-order valence-electron chi connectivity index (χ3n) is 2.40. The number of aryl methyl sites for hydroxylation is 1. The monoisotopic (exact) mass is 190 g/mol. The van der Waals surface area contributed by atoms with E-state index in [1.807, 2.05) is 13.0 Å². The molecule has 1 aromatic heterocycles. The van der Waals surface area contributed by atoms with E-state index in [0.717, 1.165) is 23.1 Å². The number of nitrogens with two attached hydrogens (primary N) is 1. The van der Waals surface area contributed by atoms with Crippen LogP contribution in [-0.2, 0) is 6.42 Å². The van der Waals surface area contributed by atoms with Gasteiger partial charge in [-0.1, -0.05) is 18.1 Å². The van der Waals surface area contributed by atoms with Crippen LogP contribution < -0.4 is 5.73 Å². The predicted molar refractivity (Wildman–Crippen MR) is 56.0 cm³/mol. The fraction of sp³-hybridized carbons (Fsp3) is 0.364. The average Bonchev–Trinajstić information content (AvgIpc) is 2.59. The van der Waals surface area contributed by atoms with Crippen molar-refractivity contribution in [2.45, 2.75) is 26.3 Å². The maximum absolute atomic E-state index is 5.79. The van der Waals surface area contributed by atoms with Crippen molar-refractivity contribution in [3.63, 3.8) is 0 Å². The average molecular weight is 190 g/mol. The van der Waals surface area contributed by atoms with Gasteiger partial charge in [-0.05, 0) is 31.0 Å². The maximum atomic E-state index is 5.79. The molecule has 14 heavy (non-hydrogen) atoms. The Morgan fingerprint density at radius 1 is 1.50 bits per heavy atom. The van der Waals surface area contributed by atoms with Gasteiger partial charge in [0.2, 0.25) is 0 Å². The lowest BCUT2D eigenvalue weighted by atomic mass is 10.1. The number of aromatic nitrogens is 1. The van der Waals surface area contributed by atoms with Gasteiger partial charge in [0.1, 0.15) is 5.69 Å². The van der Waals surface area contributed by atoms with Gasteiger partial charge in [0, 0.05) is 11.4 Å². The first kappa shape index (κ1) is 9.21. The molecule has 2 rings (SSSR count). The molecule has 0 spiro atoms. The molecule has 0 amide bonds. The summed E-state index contributed by atoms with van der Waals surface area (Å²) < 4.78 is 5.18. The van der Waals surface area contributed by atoms with Crippen molar-refractivity contribution < 1.29 is 4.52 Å². The maximum Gasteiger partial charge on any atom is 0.167 e. The Kier molecular flexibility index (Phi) is 2.25. The van der Waals surface area contributed by atoms with Crippen molar-refractivity contribution in [3.8, 4) is 0 Å². The third-order valence-corrected chi connectivity index (χ3v) is 2.40. The van der Waals surface area contributed by atoms with Crippen LogP contribution in [0.3, 0.4) is 0 Å². The van der Waals surface area contributed by atoms with Gasteiger partial charge in [0.25, 0.3) is 0 Å². The van der Waals surface area contributed by atoms with E-state index in [1.165, 1.54) is 5.56 Å². The van der Waals surface area contributed by atoms with Crippen LogP contribution in [-0.4, -0.2) is 5.16 Å². The Morgan fingerprint density at radius 3 is 2.93 bits per heavy atom. The Balaban J connectivity index is 2.63. The topological polar surface area (TPSA) is 52.0 Å². The van der Waals surface area contributed by atoms with Crippen LogP contribution in [0.25, 0.3) is 11.0 Å². The van der Waals surface area contributed by atoms with E-state index < -0.39 is 0 Å². The second-order valence-corrected chi connectivity index (χ2v) is 3.54. The fourth-order valence-electron chi connectivity index (χ4n) is 1.55. The van der Waals surface area contributed by atoms with Gasteiger partial charge in [-0.25, -0.2) is 0 Å². The predicted octanol–water partition coefficient (Wildman–Crippen LogP) is 2.41. The molecule has 0 radical (unpaired) electrons. The quantitative estimate of drug-likeness (QED) is 0.791. The van der Waals surface area contributed by atoms with E-state index in [-0.39, 0.29) is 6.04 Å². The van der Waals surface area contributed by atoms with Crippen LogP contribution in [0.2, 0.25) is 0 Å². The number of hydrogen-bond donors (Lipinski definition) is 1. The molecule has 2 aromatic rings. The highest BCUT2D eigenvalue weighted by Crippen LogP contribution is 2.23. The molecule has 0 saturated heterocycles. The first-order chi connectivity index (χ1) is 6.72. The van der Waals surface area contributed by atoms with Gasteiger partial charge in [-0.15, -0.1) is 0 Å². The van der Waals surface area contributed by atoms with Crippen molar-refractivity contribution in [2.75, 3.05) is 0 Å². The second kappa shape index (κ2) is 3.42. The van der Waals surface area contributed by atoms with Crippen LogP contribution in [0, 0.1) is 0 Å². The second-order valence-electron chi connectivity index (χ2n) is 3.54. The molecule has 1 heterocycles. The minimum absolute atomic E-state index is 0.0802. The highest BCUT2D eigenvalue weighted by atomic mass is 16.5. The number of rotatable bonds is 2. The first-order valence-corrected chi connectivity index (χ1v) is 4.86. The summed E-state index contributed by atoms with van der Waals surface area (Å²) >= 11 is 0. The Bertz CT molecular complexity index is 445. The zero-order valence-electron chi connectivity index (χ0n) is 8.45. The third kappa shape index (κ3) is 1.40. The molecule has 1 aromatic carbocycles. The van der Waals surface area contributed by atoms with Crippen molar-refractivity contribution in [1.29, 1.82) is 0 Å². The zero-order chi connectivity index (χ0) is 10.1. The SMILES string of the molecule is CCc1ccc2onc(C(C)N)c2c1.